The highest BCUT2D eigenvalue weighted by Crippen LogP contribution is 2.48. The quantitative estimate of drug-likeness (QED) is 0.101. The topological polar surface area (TPSA) is 0 Å². The molecule has 6 aromatic carbocycles. The molecule has 0 fully saturated rings. The van der Waals surface area contributed by atoms with E-state index in [1.54, 1.807) is 65.6 Å². The number of hydrogen-bond acceptors (Lipinski definition) is 0. The van der Waals surface area contributed by atoms with Gasteiger partial charge in [-0.05, 0) is 235 Å². The van der Waals surface area contributed by atoms with E-state index in [0.717, 1.165) is 21.3 Å². The van der Waals surface area contributed by atoms with E-state index in [9.17, 15) is 0 Å². The molecule has 7 rings (SSSR count). The molecule has 0 nitrogen and oxygen atoms in total. The summed E-state index contributed by atoms with van der Waals surface area (Å²) in [5.74, 6) is 0.870. The van der Waals surface area contributed by atoms with Gasteiger partial charge in [-0.15, -0.1) is 10.9 Å². The summed E-state index contributed by atoms with van der Waals surface area (Å²) in [4.78, 5) is 0. The summed E-state index contributed by atoms with van der Waals surface area (Å²) in [6.07, 6.45) is 2.07. The summed E-state index contributed by atoms with van der Waals surface area (Å²) in [7, 11) is 38.6. The molecule has 1 aliphatic carbocycles. The van der Waals surface area contributed by atoms with Gasteiger partial charge in [0.15, 0.2) is 0 Å². The molecule has 1 aliphatic rings. The Morgan fingerprint density at radius 3 is 1.28 bits per heavy atom. The zero-order valence-corrected chi connectivity index (χ0v) is 53.9. The molecule has 2 unspecified atom stereocenters. The van der Waals surface area contributed by atoms with Crippen molar-refractivity contribution >= 4 is 257 Å². The van der Waals surface area contributed by atoms with Gasteiger partial charge in [0.1, 0.15) is 15.0 Å². The van der Waals surface area contributed by atoms with Gasteiger partial charge < -0.3 is 0 Å². The van der Waals surface area contributed by atoms with Gasteiger partial charge in [-0.25, -0.2) is 0 Å². The molecule has 0 bridgehead atoms. The summed E-state index contributed by atoms with van der Waals surface area (Å²) in [5, 5.41) is 12.2. The van der Waals surface area contributed by atoms with Crippen LogP contribution in [0.1, 0.15) is 94.5 Å². The van der Waals surface area contributed by atoms with Crippen molar-refractivity contribution in [2.75, 3.05) is 0 Å². The molecule has 0 spiro atoms. The molecule has 6 aromatic rings. The third-order valence-corrected chi connectivity index (χ3v) is 21.9. The summed E-state index contributed by atoms with van der Waals surface area (Å²) >= 11 is 0. The lowest BCUT2D eigenvalue weighted by atomic mass is 8.70. The zero-order valence-electron chi connectivity index (χ0n) is 53.9. The predicted molar refractivity (Wildman–Crippen MR) is 407 cm³/mol. The Morgan fingerprint density at radius 1 is 0.360 bits per heavy atom. The molecule has 2 atom stereocenters. The second kappa shape index (κ2) is 22.2. The van der Waals surface area contributed by atoms with E-state index in [2.05, 4.69) is 219 Å². The fraction of sp³-hybridized carbons (Fsp3) is 0.360. The van der Waals surface area contributed by atoms with Gasteiger partial charge >= 0.3 is 0 Å². The van der Waals surface area contributed by atoms with Crippen molar-refractivity contribution in [3.8, 4) is 22.3 Å². The molecular weight excluding hydrogens is 871 g/mol. The molecule has 0 saturated carbocycles. The van der Waals surface area contributed by atoms with Crippen molar-refractivity contribution in [1.82, 2.24) is 0 Å². The van der Waals surface area contributed by atoms with E-state index in [1.807, 2.05) is 0 Å². The summed E-state index contributed by atoms with van der Waals surface area (Å²) < 4.78 is 0. The van der Waals surface area contributed by atoms with Crippen LogP contribution in [0.15, 0.2) is 0 Å². The minimum Gasteiger partial charge on any atom is -0.112 e. The standard InChI is InChI=1S/C50H81B25/c1-17-18(2)23(7)34-30(14)36(29(13)28(12)33(34)22(17)6)37-26(10)21(5)27(11)39-40(37)31(15)35-24(8)19(3)20(4)25(9)38(35)42(39)43-46(65-52)45(51)41-32(16)47(71(74(61)62)75(63)64)50(70(67-54)73(59)60)49(69(56)72(57)58)44(41)48(43)68(55)66-53/h19-20,65-67H,51-64H2,1-16H3. The highest BCUT2D eigenvalue weighted by atomic mass is 14.3. The fourth-order valence-corrected chi connectivity index (χ4v) is 16.3. The average Bonchev–Trinajstić information content (AvgIpc) is 3.35. The second-order valence-corrected chi connectivity index (χ2v) is 26.7. The van der Waals surface area contributed by atoms with Crippen molar-refractivity contribution in [3.63, 3.8) is 0 Å². The minimum atomic E-state index is 0.337. The van der Waals surface area contributed by atoms with Crippen molar-refractivity contribution in [3.05, 3.63) is 77.2 Å². The van der Waals surface area contributed by atoms with Crippen molar-refractivity contribution in [1.29, 1.82) is 0 Å². The maximum Gasteiger partial charge on any atom is 0.139 e. The zero-order chi connectivity index (χ0) is 56.4. The first kappa shape index (κ1) is 60.1. The summed E-state index contributed by atoms with van der Waals surface area (Å²) in [6, 6.07) is 0. The molecule has 356 valence electrons. The van der Waals surface area contributed by atoms with Crippen LogP contribution in [0, 0.1) is 94.9 Å². The van der Waals surface area contributed by atoms with Crippen LogP contribution in [0.5, 0.6) is 0 Å². The van der Waals surface area contributed by atoms with Crippen LogP contribution >= 0.6 is 0 Å². The van der Waals surface area contributed by atoms with Gasteiger partial charge in [0.25, 0.3) is 0 Å². The highest BCUT2D eigenvalue weighted by molar-refractivity contribution is 7.85. The Kier molecular flexibility index (Phi) is 17.8. The van der Waals surface area contributed by atoms with Gasteiger partial charge in [0.2, 0.25) is 0 Å². The Morgan fingerprint density at radius 2 is 0.813 bits per heavy atom. The Balaban J connectivity index is 1.98. The largest absolute Gasteiger partial charge is 0.139 e. The third kappa shape index (κ3) is 9.03. The number of hydrogen-bond donors (Lipinski definition) is 0. The normalized spacial score (nSPS) is 14.3. The summed E-state index contributed by atoms with van der Waals surface area (Å²) in [6.45, 7) is 41.1. The molecule has 0 N–H and O–H groups in total. The molecule has 0 amide bonds. The maximum absolute atomic E-state index is 2.62. The molecule has 0 radical (unpaired) electrons. The minimum absolute atomic E-state index is 0.337. The Hall–Kier alpha value is -2.54. The van der Waals surface area contributed by atoms with Crippen molar-refractivity contribution < 1.29 is 0 Å². The van der Waals surface area contributed by atoms with Gasteiger partial charge in [-0.3, -0.25) is 0 Å². The first-order chi connectivity index (χ1) is 34.9. The number of fused-ring (bicyclic) bond motifs is 4. The third-order valence-electron chi connectivity index (χ3n) is 21.9. The van der Waals surface area contributed by atoms with Gasteiger partial charge in [-0.2, -0.15) is 0 Å². The molecule has 0 saturated heterocycles. The SMILES string of the molecule is BBB(B(B)B)c1c(B(B(B)B)B(B)B)c(C)c2c(B)c(BB)c(-c3c4c(c(C)c5c(-c6c(C)c(C)c7c(C)c(C)c(C)c(C)c7c6C)c(C)c(C)c(C)c35)=C(C)C(C)C(C)C=4C)c(B(B)BB)c2c1B(B)B(B)B. The average molecular weight is 952 g/mol. The van der Waals surface area contributed by atoms with Crippen LogP contribution in [0.3, 0.4) is 0 Å². The fourth-order valence-electron chi connectivity index (χ4n) is 16.3. The van der Waals surface area contributed by atoms with E-state index < -0.39 is 0 Å². The number of rotatable bonds is 13. The van der Waals surface area contributed by atoms with Gasteiger partial charge in [0, 0.05) is 25.5 Å². The van der Waals surface area contributed by atoms with Gasteiger partial charge in [-0.1, -0.05) is 52.4 Å². The van der Waals surface area contributed by atoms with Crippen molar-refractivity contribution in [2.45, 2.75) is 111 Å². The molecule has 25 heteroatoms. The lowest BCUT2D eigenvalue weighted by Gasteiger charge is -2.39. The van der Waals surface area contributed by atoms with Crippen LogP contribution in [0.4, 0.5) is 0 Å². The van der Waals surface area contributed by atoms with Crippen LogP contribution in [-0.4, -0.2) is 181 Å². The first-order valence-electron chi connectivity index (χ1n) is 30.4. The van der Waals surface area contributed by atoms with Crippen LogP contribution in [0.2, 0.25) is 0 Å². The highest BCUT2D eigenvalue weighted by Gasteiger charge is 2.40. The second-order valence-electron chi connectivity index (χ2n) is 26.7. The molecule has 75 heavy (non-hydrogen) atoms. The predicted octanol–water partition coefficient (Wildman–Crippen LogP) is -9.96. The van der Waals surface area contributed by atoms with E-state index in [0.29, 0.717) is 63.4 Å². The van der Waals surface area contributed by atoms with Crippen LogP contribution in [-0.2, 0) is 0 Å². The smallest absolute Gasteiger partial charge is 0.112 e. The van der Waals surface area contributed by atoms with Crippen molar-refractivity contribution in [2.24, 2.45) is 11.8 Å². The molecule has 0 aromatic heterocycles. The van der Waals surface area contributed by atoms with E-state index in [4.69, 9.17) is 0 Å². The number of aryl methyl sites for hydroxylation is 7. The first-order valence-corrected chi connectivity index (χ1v) is 30.4. The summed E-state index contributed by atoms with van der Waals surface area (Å²) in [5.41, 5.74) is 36.4. The monoisotopic (exact) mass is 957 g/mol. The molecule has 0 heterocycles. The maximum atomic E-state index is 2.62. The molecule has 0 aliphatic heterocycles. The molecular formula is C50H81B25. The van der Waals surface area contributed by atoms with Crippen LogP contribution < -0.4 is 43.2 Å². The van der Waals surface area contributed by atoms with Crippen LogP contribution in [0.25, 0.3) is 65.7 Å². The van der Waals surface area contributed by atoms with E-state index in [-0.39, 0.29) is 0 Å². The Labute approximate surface area is 476 Å². The number of benzene rings is 6. The lowest BCUT2D eigenvalue weighted by molar-refractivity contribution is 0.570. The van der Waals surface area contributed by atoms with Gasteiger partial charge in [0.05, 0.1) is 141 Å². The Bertz CT molecular complexity index is 3500. The van der Waals surface area contributed by atoms with E-state index >= 15 is 0 Å². The van der Waals surface area contributed by atoms with E-state index in [1.165, 1.54) is 110 Å². The lowest BCUT2D eigenvalue weighted by Crippen LogP contribution is -2.74.